The number of halogens is 1. The number of anilines is 3. The van der Waals surface area contributed by atoms with Crippen LogP contribution in [-0.4, -0.2) is 22.6 Å². The van der Waals surface area contributed by atoms with E-state index in [4.69, 9.17) is 9.97 Å². The first-order valence-corrected chi connectivity index (χ1v) is 22.0. The zero-order valence-electron chi connectivity index (χ0n) is 31.1. The number of alkyl halides is 1. The van der Waals surface area contributed by atoms with Gasteiger partial charge in [0.2, 0.25) is 0 Å². The van der Waals surface area contributed by atoms with Gasteiger partial charge in [0.05, 0.1) is 11.0 Å². The van der Waals surface area contributed by atoms with Crippen molar-refractivity contribution in [2.75, 3.05) is 4.90 Å². The van der Waals surface area contributed by atoms with E-state index in [9.17, 15) is 0 Å². The maximum Gasteiger partial charge on any atom is 0.188 e. The van der Waals surface area contributed by atoms with Gasteiger partial charge in [-0.15, -0.1) is 11.3 Å². The molecule has 1 aliphatic rings. The van der Waals surface area contributed by atoms with Gasteiger partial charge in [-0.1, -0.05) is 133 Å². The number of aryl methyl sites for hydroxylation is 1. The highest BCUT2D eigenvalue weighted by molar-refractivity contribution is 7.31. The Bertz CT molecular complexity index is 3100. The first-order valence-electron chi connectivity index (χ1n) is 19.2. The molecular formula is C50H35FN4SSi. The van der Waals surface area contributed by atoms with Gasteiger partial charge < -0.3 is 4.57 Å². The Hall–Kier alpha value is -6.67. The summed E-state index contributed by atoms with van der Waals surface area (Å²) in [4.78, 5) is 12.4. The molecular weight excluding hydrogens is 736 g/mol. The quantitative estimate of drug-likeness (QED) is 0.158. The first-order chi connectivity index (χ1) is 28.1. The van der Waals surface area contributed by atoms with E-state index in [0.717, 1.165) is 39.6 Å². The molecule has 4 heterocycles. The molecule has 57 heavy (non-hydrogen) atoms. The first kappa shape index (κ1) is 33.6. The third-order valence-electron chi connectivity index (χ3n) is 11.6. The normalized spacial score (nSPS) is 13.8. The molecule has 0 N–H and O–H groups in total. The van der Waals surface area contributed by atoms with Crippen LogP contribution in [0.15, 0.2) is 188 Å². The summed E-state index contributed by atoms with van der Waals surface area (Å²) in [6, 6.07) is 63.5. The van der Waals surface area contributed by atoms with Gasteiger partial charge in [0.25, 0.3) is 0 Å². The Balaban J connectivity index is 1.13. The van der Waals surface area contributed by atoms with Crippen LogP contribution in [0.4, 0.5) is 21.6 Å². The number of hydrogen-bond acceptors (Lipinski definition) is 4. The number of nitrogens with zero attached hydrogens (tertiary/aromatic N) is 4. The molecule has 0 fully saturated rings. The highest BCUT2D eigenvalue weighted by Crippen LogP contribution is 2.44. The van der Waals surface area contributed by atoms with Gasteiger partial charge in [-0.05, 0) is 80.4 Å². The zero-order chi connectivity index (χ0) is 38.1. The maximum absolute atomic E-state index is 17.0. The molecule has 7 aromatic carbocycles. The van der Waals surface area contributed by atoms with Crippen LogP contribution >= 0.6 is 11.3 Å². The fourth-order valence-electron chi connectivity index (χ4n) is 9.10. The molecule has 1 unspecified atom stereocenters. The summed E-state index contributed by atoms with van der Waals surface area (Å²) in [6.45, 7) is 0. The molecule has 0 bridgehead atoms. The lowest BCUT2D eigenvalue weighted by Gasteiger charge is -2.44. The number of thiophene rings is 1. The summed E-state index contributed by atoms with van der Waals surface area (Å²) in [5.74, 6) is 1.69. The molecule has 11 rings (SSSR count). The number of imidazole rings is 1. The van der Waals surface area contributed by atoms with E-state index in [1.165, 1.54) is 40.9 Å². The Morgan fingerprint density at radius 2 is 1.33 bits per heavy atom. The number of para-hydroxylation sites is 2. The van der Waals surface area contributed by atoms with Crippen LogP contribution in [-0.2, 0) is 7.05 Å². The monoisotopic (exact) mass is 770 g/mol. The second-order valence-corrected chi connectivity index (χ2v) is 19.4. The third kappa shape index (κ3) is 5.09. The molecule has 0 spiro atoms. The standard InChI is InChI=1S/C50H35FN4SSi/c1-54-42-25-10-9-24-41(42)53-49(54)35-17-12-15-33(31-35)46(51)34-16-13-18-36(32-34)55-43-29-28-40-39-23-8-11-26-44(39)56-47(40)48(43)57(37-19-4-2-5-20-37,38-21-6-3-7-22-38)45-27-14-30-52-50(45)55/h2-32,46H,1H3. The summed E-state index contributed by atoms with van der Waals surface area (Å²) in [5.41, 5.74) is 5.95. The Morgan fingerprint density at radius 3 is 2.12 bits per heavy atom. The van der Waals surface area contributed by atoms with Crippen molar-refractivity contribution in [2.24, 2.45) is 7.05 Å². The van der Waals surface area contributed by atoms with E-state index >= 15 is 4.39 Å². The van der Waals surface area contributed by atoms with Crippen LogP contribution in [0, 0.1) is 0 Å². The number of aromatic nitrogens is 3. The summed E-state index contributed by atoms with van der Waals surface area (Å²) in [7, 11) is -0.988. The summed E-state index contributed by atoms with van der Waals surface area (Å²) in [6.07, 6.45) is 0.525. The van der Waals surface area contributed by atoms with Crippen LogP contribution < -0.4 is 25.6 Å². The number of benzene rings is 7. The van der Waals surface area contributed by atoms with E-state index in [0.29, 0.717) is 11.1 Å². The van der Waals surface area contributed by atoms with Gasteiger partial charge in [0, 0.05) is 50.4 Å². The van der Waals surface area contributed by atoms with Crippen molar-refractivity contribution < 1.29 is 4.39 Å². The fourth-order valence-corrected chi connectivity index (χ4v) is 16.0. The molecule has 0 radical (unpaired) electrons. The van der Waals surface area contributed by atoms with Crippen LogP contribution in [0.3, 0.4) is 0 Å². The summed E-state index contributed by atoms with van der Waals surface area (Å²) >= 11 is 1.87. The average Bonchev–Trinajstić information content (AvgIpc) is 3.83. The van der Waals surface area contributed by atoms with Gasteiger partial charge in [-0.2, -0.15) is 0 Å². The van der Waals surface area contributed by atoms with Crippen molar-refractivity contribution in [2.45, 2.75) is 6.17 Å². The maximum atomic E-state index is 17.0. The van der Waals surface area contributed by atoms with E-state index in [1.807, 2.05) is 85.2 Å². The lowest BCUT2D eigenvalue weighted by molar-refractivity contribution is 0.402. The Labute approximate surface area is 334 Å². The molecule has 0 saturated carbocycles. The van der Waals surface area contributed by atoms with E-state index < -0.39 is 14.2 Å². The van der Waals surface area contributed by atoms with Gasteiger partial charge in [0.15, 0.2) is 14.2 Å². The molecule has 4 nitrogen and oxygen atoms in total. The van der Waals surface area contributed by atoms with Crippen LogP contribution in [0.2, 0.25) is 0 Å². The number of fused-ring (bicyclic) bond motifs is 7. The summed E-state index contributed by atoms with van der Waals surface area (Å²) < 4.78 is 21.7. The number of hydrogen-bond donors (Lipinski definition) is 0. The predicted octanol–water partition coefficient (Wildman–Crippen LogP) is 10.2. The van der Waals surface area contributed by atoms with E-state index in [-0.39, 0.29) is 0 Å². The Kier molecular flexibility index (Phi) is 7.81. The lowest BCUT2D eigenvalue weighted by Crippen LogP contribution is -2.77. The van der Waals surface area contributed by atoms with Crippen molar-refractivity contribution in [1.29, 1.82) is 0 Å². The second-order valence-electron chi connectivity index (χ2n) is 14.7. The average molecular weight is 771 g/mol. The minimum atomic E-state index is -3.00. The molecule has 1 atom stereocenters. The van der Waals surface area contributed by atoms with Gasteiger partial charge in [-0.25, -0.2) is 14.4 Å². The molecule has 7 heteroatoms. The second kappa shape index (κ2) is 13.2. The third-order valence-corrected chi connectivity index (χ3v) is 17.8. The molecule has 10 aromatic rings. The largest absolute Gasteiger partial charge is 0.327 e. The highest BCUT2D eigenvalue weighted by Gasteiger charge is 2.51. The minimum Gasteiger partial charge on any atom is -0.327 e. The van der Waals surface area contributed by atoms with Crippen molar-refractivity contribution >= 4 is 88.6 Å². The fraction of sp³-hybridized carbons (Fsp3) is 0.0400. The topological polar surface area (TPSA) is 34.0 Å². The Morgan fingerprint density at radius 1 is 0.632 bits per heavy atom. The molecule has 0 saturated heterocycles. The zero-order valence-corrected chi connectivity index (χ0v) is 32.9. The van der Waals surface area contributed by atoms with Crippen LogP contribution in [0.5, 0.6) is 0 Å². The molecule has 0 aliphatic carbocycles. The van der Waals surface area contributed by atoms with Crippen LogP contribution in [0.1, 0.15) is 17.3 Å². The molecule has 272 valence electrons. The van der Waals surface area contributed by atoms with Gasteiger partial charge in [0.1, 0.15) is 11.6 Å². The van der Waals surface area contributed by atoms with E-state index in [2.05, 4.69) is 131 Å². The van der Waals surface area contributed by atoms with Crippen molar-refractivity contribution in [1.82, 2.24) is 14.5 Å². The molecule has 1 aliphatic heterocycles. The van der Waals surface area contributed by atoms with Crippen LogP contribution in [0.25, 0.3) is 42.6 Å². The van der Waals surface area contributed by atoms with Gasteiger partial charge in [-0.3, -0.25) is 4.90 Å². The predicted molar refractivity (Wildman–Crippen MR) is 238 cm³/mol. The van der Waals surface area contributed by atoms with E-state index in [1.54, 1.807) is 0 Å². The smallest absolute Gasteiger partial charge is 0.188 e. The molecule has 0 amide bonds. The lowest BCUT2D eigenvalue weighted by atomic mass is 9.99. The SMILES string of the molecule is Cn1c(-c2cccc(C(F)c3cccc(N4c5ccc6c(sc7ccccc76)c5[Si](c5ccccc5)(c5ccccc5)c5cccnc54)c3)c2)nc2ccccc21. The van der Waals surface area contributed by atoms with Crippen molar-refractivity contribution in [3.8, 4) is 11.4 Å². The minimum absolute atomic E-state index is 0.580. The highest BCUT2D eigenvalue weighted by atomic mass is 32.1. The number of rotatable bonds is 6. The summed E-state index contributed by atoms with van der Waals surface area (Å²) in [5, 5.41) is 7.65. The van der Waals surface area contributed by atoms with Crippen molar-refractivity contribution in [3.63, 3.8) is 0 Å². The van der Waals surface area contributed by atoms with Gasteiger partial charge >= 0.3 is 0 Å². The van der Waals surface area contributed by atoms with Crippen molar-refractivity contribution in [3.05, 3.63) is 199 Å². The molecule has 3 aromatic heterocycles. The number of pyridine rings is 1.